The van der Waals surface area contributed by atoms with Gasteiger partial charge >= 0.3 is 0 Å². The van der Waals surface area contributed by atoms with Gasteiger partial charge in [-0.05, 0) is 13.8 Å². The molecule has 0 aliphatic carbocycles. The number of aryl methyl sites for hydroxylation is 1. The number of piperidine rings is 1. The number of primary amides is 1. The lowest BCUT2D eigenvalue weighted by molar-refractivity contribution is -0.114. The van der Waals surface area contributed by atoms with E-state index in [4.69, 9.17) is 11.5 Å². The molecule has 1 saturated heterocycles. The summed E-state index contributed by atoms with van der Waals surface area (Å²) in [5.41, 5.74) is 13.8. The summed E-state index contributed by atoms with van der Waals surface area (Å²) in [6.07, 6.45) is 7.09. The smallest absolute Gasteiger partial charge is 0.264 e. The predicted octanol–water partition coefficient (Wildman–Crippen LogP) is 0.881. The van der Waals surface area contributed by atoms with Gasteiger partial charge in [-0.15, -0.1) is 0 Å². The highest BCUT2D eigenvalue weighted by Gasteiger charge is 2.30. The third-order valence-electron chi connectivity index (χ3n) is 4.61. The molecule has 9 heteroatoms. The molecule has 9 nitrogen and oxygen atoms in total. The number of imidazole rings is 1. The zero-order valence-corrected chi connectivity index (χ0v) is 16.6. The van der Waals surface area contributed by atoms with Crippen LogP contribution in [0, 0.1) is 5.92 Å². The lowest BCUT2D eigenvalue weighted by Gasteiger charge is -2.35. The lowest BCUT2D eigenvalue weighted by atomic mass is 9.91. The first kappa shape index (κ1) is 19.5. The zero-order chi connectivity index (χ0) is 20.4. The van der Waals surface area contributed by atoms with Gasteiger partial charge in [0.25, 0.3) is 5.91 Å². The van der Waals surface area contributed by atoms with E-state index < -0.39 is 5.91 Å². The van der Waals surface area contributed by atoms with Gasteiger partial charge in [0.05, 0.1) is 5.56 Å². The fourth-order valence-corrected chi connectivity index (χ4v) is 3.30. The van der Waals surface area contributed by atoms with Crippen molar-refractivity contribution in [2.24, 2.45) is 29.4 Å². The summed E-state index contributed by atoms with van der Waals surface area (Å²) >= 11 is 0. The third kappa shape index (κ3) is 3.88. The van der Waals surface area contributed by atoms with Crippen molar-refractivity contribution in [2.75, 3.05) is 18.0 Å². The first-order valence-corrected chi connectivity index (χ1v) is 9.19. The molecule has 3 rings (SSSR count). The molecule has 1 unspecified atom stereocenters. The van der Waals surface area contributed by atoms with Crippen molar-refractivity contribution in [3.05, 3.63) is 36.1 Å². The second-order valence-corrected chi connectivity index (χ2v) is 7.28. The minimum Gasteiger partial charge on any atom is -0.394 e. The number of hydrogen-bond acceptors (Lipinski definition) is 7. The summed E-state index contributed by atoms with van der Waals surface area (Å²) in [6.45, 7) is 7.08. The number of nitrogens with zero attached hydrogens (tertiary/aromatic N) is 6. The summed E-state index contributed by atoms with van der Waals surface area (Å²) in [4.78, 5) is 31.7. The Balaban J connectivity index is 1.93. The molecular weight excluding hydrogens is 356 g/mol. The van der Waals surface area contributed by atoms with Gasteiger partial charge in [0.2, 0.25) is 5.95 Å². The standard InChI is InChI=1S/C19H26N8O/c1-11(2)25-16-12(3)9-27(10-14(16)15(20)17(21)28)19-23-7-13(8-24-19)18-22-5-6-26(18)4/h5-8,11-12H,9-10,20H2,1-4H3,(H2,21,28). The fourth-order valence-electron chi connectivity index (χ4n) is 3.30. The first-order valence-electron chi connectivity index (χ1n) is 9.19. The molecule has 0 spiro atoms. The van der Waals surface area contributed by atoms with Crippen LogP contribution in [0.3, 0.4) is 0 Å². The Morgan fingerprint density at radius 2 is 1.93 bits per heavy atom. The Bertz CT molecular complexity index is 926. The molecule has 0 radical (unpaired) electrons. The molecule has 0 saturated carbocycles. The maximum absolute atomic E-state index is 11.7. The Labute approximate surface area is 164 Å². The number of carbonyl (C=O) groups is 1. The molecule has 1 aliphatic heterocycles. The summed E-state index contributed by atoms with van der Waals surface area (Å²) in [6, 6.07) is 0.0907. The molecule has 2 aromatic heterocycles. The van der Waals surface area contributed by atoms with Crippen molar-refractivity contribution in [1.29, 1.82) is 0 Å². The van der Waals surface area contributed by atoms with Crippen LogP contribution in [0.4, 0.5) is 5.95 Å². The van der Waals surface area contributed by atoms with Gasteiger partial charge in [-0.3, -0.25) is 9.79 Å². The number of carbonyl (C=O) groups excluding carboxylic acids is 1. The molecule has 1 aliphatic rings. The van der Waals surface area contributed by atoms with E-state index in [1.165, 1.54) is 0 Å². The average Bonchev–Trinajstić information content (AvgIpc) is 3.08. The van der Waals surface area contributed by atoms with Crippen molar-refractivity contribution in [1.82, 2.24) is 19.5 Å². The SMILES string of the molecule is CC(C)N=C1C(=C(N)C(N)=O)CN(c2ncc(-c3nccn3C)cn2)CC1C. The van der Waals surface area contributed by atoms with Crippen molar-refractivity contribution < 1.29 is 4.79 Å². The van der Waals surface area contributed by atoms with Crippen molar-refractivity contribution in [2.45, 2.75) is 26.8 Å². The third-order valence-corrected chi connectivity index (χ3v) is 4.61. The molecule has 1 fully saturated rings. The van der Waals surface area contributed by atoms with Crippen LogP contribution < -0.4 is 16.4 Å². The molecule has 28 heavy (non-hydrogen) atoms. The van der Waals surface area contributed by atoms with Crippen molar-refractivity contribution >= 4 is 17.6 Å². The number of aliphatic imine (C=N–C) groups is 1. The number of amides is 1. The molecule has 148 valence electrons. The second kappa shape index (κ2) is 7.79. The normalized spacial score (nSPS) is 20.7. The number of aromatic nitrogens is 4. The quantitative estimate of drug-likeness (QED) is 0.756. The maximum Gasteiger partial charge on any atom is 0.264 e. The highest BCUT2D eigenvalue weighted by atomic mass is 16.1. The van der Waals surface area contributed by atoms with Crippen molar-refractivity contribution in [3.63, 3.8) is 0 Å². The molecule has 1 atom stereocenters. The van der Waals surface area contributed by atoms with Crippen LogP contribution in [0.2, 0.25) is 0 Å². The molecule has 4 N–H and O–H groups in total. The number of anilines is 1. The minimum absolute atomic E-state index is 0.0422. The second-order valence-electron chi connectivity index (χ2n) is 7.28. The van der Waals surface area contributed by atoms with Gasteiger partial charge in [-0.2, -0.15) is 0 Å². The van der Waals surface area contributed by atoms with E-state index in [2.05, 4.69) is 19.9 Å². The predicted molar refractivity (Wildman–Crippen MR) is 109 cm³/mol. The van der Waals surface area contributed by atoms with Gasteiger partial charge < -0.3 is 20.9 Å². The van der Waals surface area contributed by atoms with E-state index in [9.17, 15) is 4.79 Å². The van der Waals surface area contributed by atoms with E-state index in [1.54, 1.807) is 18.6 Å². The molecule has 2 aromatic rings. The molecule has 0 bridgehead atoms. The highest BCUT2D eigenvalue weighted by Crippen LogP contribution is 2.25. The first-order chi connectivity index (χ1) is 13.3. The minimum atomic E-state index is -0.647. The van der Waals surface area contributed by atoms with Crippen LogP contribution in [-0.4, -0.2) is 50.3 Å². The number of rotatable bonds is 4. The van der Waals surface area contributed by atoms with Gasteiger partial charge in [0.15, 0.2) is 0 Å². The molecule has 1 amide bonds. The Kier molecular flexibility index (Phi) is 5.43. The van der Waals surface area contributed by atoms with Crippen LogP contribution in [0.5, 0.6) is 0 Å². The summed E-state index contributed by atoms with van der Waals surface area (Å²) in [7, 11) is 1.92. The van der Waals surface area contributed by atoms with Crippen LogP contribution in [-0.2, 0) is 11.8 Å². The van der Waals surface area contributed by atoms with Crippen LogP contribution >= 0.6 is 0 Å². The Morgan fingerprint density at radius 3 is 2.46 bits per heavy atom. The van der Waals surface area contributed by atoms with Crippen LogP contribution in [0.25, 0.3) is 11.4 Å². The van der Waals surface area contributed by atoms with E-state index >= 15 is 0 Å². The van der Waals surface area contributed by atoms with Crippen LogP contribution in [0.1, 0.15) is 20.8 Å². The maximum atomic E-state index is 11.7. The monoisotopic (exact) mass is 382 g/mol. The molecule has 0 aromatic carbocycles. The van der Waals surface area contributed by atoms with Gasteiger partial charge in [0.1, 0.15) is 11.5 Å². The van der Waals surface area contributed by atoms with E-state index in [1.807, 2.05) is 43.5 Å². The topological polar surface area (TPSA) is 128 Å². The Morgan fingerprint density at radius 1 is 1.25 bits per heavy atom. The average molecular weight is 382 g/mol. The lowest BCUT2D eigenvalue weighted by Crippen LogP contribution is -2.45. The number of nitrogens with two attached hydrogens (primary N) is 2. The number of hydrogen-bond donors (Lipinski definition) is 2. The summed E-state index contributed by atoms with van der Waals surface area (Å²) in [5.74, 6) is 0.764. The van der Waals surface area contributed by atoms with Gasteiger partial charge in [0, 0.05) is 68.2 Å². The van der Waals surface area contributed by atoms with E-state index in [0.29, 0.717) is 24.6 Å². The molecular formula is C19H26N8O. The van der Waals surface area contributed by atoms with E-state index in [-0.39, 0.29) is 17.7 Å². The van der Waals surface area contributed by atoms with Crippen molar-refractivity contribution in [3.8, 4) is 11.4 Å². The largest absolute Gasteiger partial charge is 0.394 e. The van der Waals surface area contributed by atoms with E-state index in [0.717, 1.165) is 17.1 Å². The Hall–Kier alpha value is -3.23. The van der Waals surface area contributed by atoms with Gasteiger partial charge in [-0.25, -0.2) is 15.0 Å². The zero-order valence-electron chi connectivity index (χ0n) is 16.6. The van der Waals surface area contributed by atoms with Gasteiger partial charge in [-0.1, -0.05) is 6.92 Å². The summed E-state index contributed by atoms with van der Waals surface area (Å²) < 4.78 is 1.91. The molecule has 3 heterocycles. The fraction of sp³-hybridized carbons (Fsp3) is 0.421. The summed E-state index contributed by atoms with van der Waals surface area (Å²) in [5, 5.41) is 0. The highest BCUT2D eigenvalue weighted by molar-refractivity contribution is 6.09. The van der Waals surface area contributed by atoms with Crippen LogP contribution in [0.15, 0.2) is 41.0 Å².